The number of hydrogen-bond donors (Lipinski definition) is 1. The van der Waals surface area contributed by atoms with Crippen molar-refractivity contribution >= 4 is 17.8 Å². The maximum absolute atomic E-state index is 13.8. The number of benzene rings is 2. The molecule has 0 bridgehead atoms. The van der Waals surface area contributed by atoms with Gasteiger partial charge in [-0.3, -0.25) is 9.79 Å². The van der Waals surface area contributed by atoms with E-state index >= 15 is 0 Å². The molecule has 2 aromatic rings. The first-order valence-corrected chi connectivity index (χ1v) is 9.50. The number of nitrogens with zero attached hydrogens (tertiary/aromatic N) is 1. The molecule has 3 rings (SSSR count). The van der Waals surface area contributed by atoms with Crippen LogP contribution in [0.4, 0.5) is 4.39 Å². The third-order valence-electron chi connectivity index (χ3n) is 4.78. The summed E-state index contributed by atoms with van der Waals surface area (Å²) in [5.74, 6) is -0.142. The fourth-order valence-corrected chi connectivity index (χ4v) is 3.43. The molecule has 0 aromatic heterocycles. The van der Waals surface area contributed by atoms with E-state index in [1.807, 2.05) is 24.4 Å². The molecular formula is C23H24FNO3. The van der Waals surface area contributed by atoms with Crippen LogP contribution in [0.2, 0.25) is 0 Å². The summed E-state index contributed by atoms with van der Waals surface area (Å²) in [6.07, 6.45) is 6.02. The minimum atomic E-state index is -0.569. The SMILES string of the molecule is CCOC(=O)CCc1cc(O)ccc1-c1ccc(C2=CN=CCC2)c(CF)c1. The summed E-state index contributed by atoms with van der Waals surface area (Å²) in [6, 6.07) is 10.8. The van der Waals surface area contributed by atoms with Crippen molar-refractivity contribution in [1.82, 2.24) is 0 Å². The van der Waals surface area contributed by atoms with Crippen LogP contribution in [0.1, 0.15) is 42.9 Å². The van der Waals surface area contributed by atoms with Gasteiger partial charge in [-0.15, -0.1) is 0 Å². The Balaban J connectivity index is 1.93. The van der Waals surface area contributed by atoms with E-state index < -0.39 is 6.67 Å². The van der Waals surface area contributed by atoms with Crippen molar-refractivity contribution in [2.75, 3.05) is 6.61 Å². The predicted octanol–water partition coefficient (Wildman–Crippen LogP) is 5.23. The summed E-state index contributed by atoms with van der Waals surface area (Å²) in [5.41, 5.74) is 5.09. The molecule has 0 atom stereocenters. The second-order valence-electron chi connectivity index (χ2n) is 6.68. The molecule has 28 heavy (non-hydrogen) atoms. The van der Waals surface area contributed by atoms with Gasteiger partial charge in [0.05, 0.1) is 6.61 Å². The first-order chi connectivity index (χ1) is 13.6. The fraction of sp³-hybridized carbons (Fsp3) is 0.304. The van der Waals surface area contributed by atoms with Crippen LogP contribution in [0.25, 0.3) is 16.7 Å². The van der Waals surface area contributed by atoms with Crippen molar-refractivity contribution in [2.45, 2.75) is 39.3 Å². The smallest absolute Gasteiger partial charge is 0.306 e. The molecular weight excluding hydrogens is 357 g/mol. The van der Waals surface area contributed by atoms with E-state index in [0.29, 0.717) is 18.6 Å². The molecule has 1 heterocycles. The molecule has 0 aliphatic carbocycles. The Bertz CT molecular complexity index is 918. The predicted molar refractivity (Wildman–Crippen MR) is 109 cm³/mol. The lowest BCUT2D eigenvalue weighted by Gasteiger charge is -2.16. The Hall–Kier alpha value is -2.95. The first kappa shape index (κ1) is 19.8. The Morgan fingerprint density at radius 3 is 2.71 bits per heavy atom. The van der Waals surface area contributed by atoms with Crippen LogP contribution in [0.5, 0.6) is 5.75 Å². The monoisotopic (exact) mass is 381 g/mol. The summed E-state index contributed by atoms with van der Waals surface area (Å²) in [4.78, 5) is 15.9. The quantitative estimate of drug-likeness (QED) is 0.668. The second kappa shape index (κ2) is 9.31. The third kappa shape index (κ3) is 4.66. The van der Waals surface area contributed by atoms with Gasteiger partial charge in [-0.2, -0.15) is 0 Å². The van der Waals surface area contributed by atoms with Crippen LogP contribution in [0.15, 0.2) is 47.6 Å². The molecule has 0 spiro atoms. The number of esters is 1. The average Bonchev–Trinajstić information content (AvgIpc) is 2.73. The zero-order valence-corrected chi connectivity index (χ0v) is 16.0. The molecule has 146 valence electrons. The molecule has 2 aromatic carbocycles. The second-order valence-corrected chi connectivity index (χ2v) is 6.68. The summed E-state index contributed by atoms with van der Waals surface area (Å²) >= 11 is 0. The van der Waals surface area contributed by atoms with Gasteiger partial charge in [-0.25, -0.2) is 4.39 Å². The van der Waals surface area contributed by atoms with Crippen molar-refractivity contribution in [3.63, 3.8) is 0 Å². The van der Waals surface area contributed by atoms with Gasteiger partial charge in [0, 0.05) is 18.8 Å². The minimum absolute atomic E-state index is 0.134. The van der Waals surface area contributed by atoms with Gasteiger partial charge in [0.15, 0.2) is 0 Å². The van der Waals surface area contributed by atoms with E-state index in [0.717, 1.165) is 40.7 Å². The van der Waals surface area contributed by atoms with Gasteiger partial charge in [-0.1, -0.05) is 18.2 Å². The normalized spacial score (nSPS) is 13.3. The Kier molecular flexibility index (Phi) is 6.58. The fourth-order valence-electron chi connectivity index (χ4n) is 3.43. The Labute approximate surface area is 164 Å². The number of phenolic OH excluding ortho intramolecular Hbond substituents is 1. The molecule has 1 N–H and O–H groups in total. The van der Waals surface area contributed by atoms with E-state index in [4.69, 9.17) is 4.74 Å². The summed E-state index contributed by atoms with van der Waals surface area (Å²) in [7, 11) is 0. The summed E-state index contributed by atoms with van der Waals surface area (Å²) in [6.45, 7) is 1.54. The van der Waals surface area contributed by atoms with E-state index in [2.05, 4.69) is 4.99 Å². The molecule has 0 saturated heterocycles. The lowest BCUT2D eigenvalue weighted by molar-refractivity contribution is -0.143. The number of aryl methyl sites for hydroxylation is 1. The van der Waals surface area contributed by atoms with Crippen LogP contribution in [0, 0.1) is 0 Å². The largest absolute Gasteiger partial charge is 0.508 e. The van der Waals surface area contributed by atoms with Crippen LogP contribution < -0.4 is 0 Å². The molecule has 0 unspecified atom stereocenters. The van der Waals surface area contributed by atoms with Gasteiger partial charge < -0.3 is 9.84 Å². The van der Waals surface area contributed by atoms with Crippen molar-refractivity contribution in [3.8, 4) is 16.9 Å². The molecule has 0 amide bonds. The molecule has 0 fully saturated rings. The molecule has 0 radical (unpaired) electrons. The highest BCUT2D eigenvalue weighted by Crippen LogP contribution is 2.33. The summed E-state index contributed by atoms with van der Waals surface area (Å²) in [5, 5.41) is 9.87. The highest BCUT2D eigenvalue weighted by molar-refractivity contribution is 5.78. The minimum Gasteiger partial charge on any atom is -0.508 e. The van der Waals surface area contributed by atoms with Gasteiger partial charge in [-0.05, 0) is 77.8 Å². The number of halogens is 1. The van der Waals surface area contributed by atoms with Crippen molar-refractivity contribution in [2.24, 2.45) is 4.99 Å². The maximum atomic E-state index is 13.8. The lowest BCUT2D eigenvalue weighted by Crippen LogP contribution is -2.05. The molecule has 1 aliphatic rings. The van der Waals surface area contributed by atoms with Crippen LogP contribution in [-0.2, 0) is 22.6 Å². The number of allylic oxidation sites excluding steroid dienone is 1. The van der Waals surface area contributed by atoms with E-state index in [1.165, 1.54) is 0 Å². The number of phenols is 1. The van der Waals surface area contributed by atoms with Gasteiger partial charge in [0.25, 0.3) is 0 Å². The number of carbonyl (C=O) groups is 1. The van der Waals surface area contributed by atoms with Gasteiger partial charge >= 0.3 is 5.97 Å². The van der Waals surface area contributed by atoms with Crippen molar-refractivity contribution in [3.05, 3.63) is 59.3 Å². The average molecular weight is 381 g/mol. The molecule has 1 aliphatic heterocycles. The Morgan fingerprint density at radius 2 is 2.00 bits per heavy atom. The van der Waals surface area contributed by atoms with Gasteiger partial charge in [0.2, 0.25) is 0 Å². The molecule has 0 saturated carbocycles. The zero-order valence-electron chi connectivity index (χ0n) is 16.0. The van der Waals surface area contributed by atoms with Crippen molar-refractivity contribution < 1.29 is 19.0 Å². The molecule has 4 nitrogen and oxygen atoms in total. The number of alkyl halides is 1. The number of aliphatic imine (C=N–C) groups is 1. The number of hydrogen-bond acceptors (Lipinski definition) is 4. The third-order valence-corrected chi connectivity index (χ3v) is 4.78. The van der Waals surface area contributed by atoms with E-state index in [9.17, 15) is 14.3 Å². The van der Waals surface area contributed by atoms with Gasteiger partial charge in [0.1, 0.15) is 12.4 Å². The number of aromatic hydroxyl groups is 1. The van der Waals surface area contributed by atoms with Crippen LogP contribution in [-0.4, -0.2) is 23.9 Å². The van der Waals surface area contributed by atoms with E-state index in [-0.39, 0.29) is 18.1 Å². The zero-order chi connectivity index (χ0) is 19.9. The van der Waals surface area contributed by atoms with E-state index in [1.54, 1.807) is 31.3 Å². The number of ether oxygens (including phenoxy) is 1. The van der Waals surface area contributed by atoms with Crippen molar-refractivity contribution in [1.29, 1.82) is 0 Å². The first-order valence-electron chi connectivity index (χ1n) is 9.50. The topological polar surface area (TPSA) is 58.9 Å². The summed E-state index contributed by atoms with van der Waals surface area (Å²) < 4.78 is 18.8. The van der Waals surface area contributed by atoms with Crippen LogP contribution in [0.3, 0.4) is 0 Å². The number of rotatable bonds is 7. The highest BCUT2D eigenvalue weighted by Gasteiger charge is 2.14. The van der Waals surface area contributed by atoms with Crippen LogP contribution >= 0.6 is 0 Å². The highest BCUT2D eigenvalue weighted by atomic mass is 19.1. The number of carbonyl (C=O) groups excluding carboxylic acids is 1. The Morgan fingerprint density at radius 1 is 1.18 bits per heavy atom. The lowest BCUT2D eigenvalue weighted by atomic mass is 9.91. The maximum Gasteiger partial charge on any atom is 0.306 e. The molecule has 5 heteroatoms. The standard InChI is InChI=1S/C23H24FNO3/c1-2-28-23(27)10-6-17-13-20(26)7-9-21(17)16-5-8-22(19(12-16)14-24)18-4-3-11-25-15-18/h5,7-9,11-13,15,26H,2-4,6,10,14H2,1H3.